The normalized spacial score (nSPS) is 22.1. The van der Waals surface area contributed by atoms with Crippen molar-refractivity contribution >= 4 is 21.6 Å². The van der Waals surface area contributed by atoms with E-state index in [1.54, 1.807) is 12.1 Å². The fourth-order valence-electron chi connectivity index (χ4n) is 2.68. The van der Waals surface area contributed by atoms with Crippen LogP contribution >= 0.6 is 11.6 Å². The number of piperidine rings is 1. The van der Waals surface area contributed by atoms with Gasteiger partial charge >= 0.3 is 0 Å². The second-order valence-corrected chi connectivity index (χ2v) is 7.78. The van der Waals surface area contributed by atoms with Crippen LogP contribution in [0.3, 0.4) is 0 Å². The van der Waals surface area contributed by atoms with Crippen molar-refractivity contribution in [2.45, 2.75) is 25.0 Å². The Balaban J connectivity index is 1.93. The average molecular weight is 333 g/mol. The van der Waals surface area contributed by atoms with E-state index >= 15 is 0 Å². The number of nitrogens with one attached hydrogen (secondary N) is 1. The second-order valence-electron chi connectivity index (χ2n) is 5.56. The van der Waals surface area contributed by atoms with E-state index in [1.807, 2.05) is 12.1 Å². The highest BCUT2D eigenvalue weighted by atomic mass is 35.5. The van der Waals surface area contributed by atoms with E-state index in [0.717, 1.165) is 24.9 Å². The van der Waals surface area contributed by atoms with Crippen molar-refractivity contribution in [1.29, 1.82) is 0 Å². The first-order chi connectivity index (χ1) is 9.83. The molecule has 118 valence electrons. The van der Waals surface area contributed by atoms with Gasteiger partial charge in [0.1, 0.15) is 0 Å². The SMILES string of the molecule is CS(=O)(=O)NC1CCCN(CC(O)c2cccc(Cl)c2)C1. The number of β-amino-alcohol motifs (C(OH)–C–C–N with tert-alkyl or cyclic N) is 1. The van der Waals surface area contributed by atoms with Crippen molar-refractivity contribution < 1.29 is 13.5 Å². The molecule has 1 aromatic carbocycles. The molecular formula is C14H21ClN2O3S. The third kappa shape index (κ3) is 5.56. The lowest BCUT2D eigenvalue weighted by molar-refractivity contribution is 0.0943. The molecule has 2 unspecified atom stereocenters. The van der Waals surface area contributed by atoms with Crippen LogP contribution in [0.25, 0.3) is 0 Å². The highest BCUT2D eigenvalue weighted by molar-refractivity contribution is 7.88. The first kappa shape index (κ1) is 16.7. The van der Waals surface area contributed by atoms with Gasteiger partial charge in [0.05, 0.1) is 12.4 Å². The van der Waals surface area contributed by atoms with Gasteiger partial charge in [0.25, 0.3) is 0 Å². The van der Waals surface area contributed by atoms with Crippen LogP contribution < -0.4 is 4.72 Å². The third-order valence-corrected chi connectivity index (χ3v) is 4.55. The standard InChI is InChI=1S/C14H21ClN2O3S/c1-21(19,20)16-13-6-3-7-17(9-13)10-14(18)11-4-2-5-12(15)8-11/h2,4-5,8,13-14,16,18H,3,6-7,9-10H2,1H3. The zero-order valence-electron chi connectivity index (χ0n) is 12.0. The average Bonchev–Trinajstić information content (AvgIpc) is 2.37. The lowest BCUT2D eigenvalue weighted by Gasteiger charge is -2.33. The van der Waals surface area contributed by atoms with Gasteiger partial charge in [-0.2, -0.15) is 0 Å². The maximum Gasteiger partial charge on any atom is 0.208 e. The number of aliphatic hydroxyl groups excluding tert-OH is 1. The number of halogens is 1. The number of benzene rings is 1. The molecule has 2 N–H and O–H groups in total. The monoisotopic (exact) mass is 332 g/mol. The molecular weight excluding hydrogens is 312 g/mol. The number of aliphatic hydroxyl groups is 1. The van der Waals surface area contributed by atoms with Gasteiger partial charge in [0.2, 0.25) is 10.0 Å². The molecule has 1 aliphatic rings. The van der Waals surface area contributed by atoms with Crippen LogP contribution in [-0.2, 0) is 10.0 Å². The summed E-state index contributed by atoms with van der Waals surface area (Å²) in [5, 5.41) is 10.9. The van der Waals surface area contributed by atoms with E-state index in [4.69, 9.17) is 11.6 Å². The fraction of sp³-hybridized carbons (Fsp3) is 0.571. The molecule has 0 aliphatic carbocycles. The van der Waals surface area contributed by atoms with Crippen LogP contribution in [0.2, 0.25) is 5.02 Å². The molecule has 7 heteroatoms. The summed E-state index contributed by atoms with van der Waals surface area (Å²) in [4.78, 5) is 2.08. The quantitative estimate of drug-likeness (QED) is 0.855. The zero-order valence-corrected chi connectivity index (χ0v) is 13.6. The molecule has 0 amide bonds. The van der Waals surface area contributed by atoms with Gasteiger partial charge in [-0.1, -0.05) is 23.7 Å². The number of hydrogen-bond donors (Lipinski definition) is 2. The number of rotatable bonds is 5. The smallest absolute Gasteiger partial charge is 0.208 e. The maximum absolute atomic E-state index is 11.3. The molecule has 2 rings (SSSR count). The fourth-order valence-corrected chi connectivity index (χ4v) is 3.68. The van der Waals surface area contributed by atoms with Crippen LogP contribution in [-0.4, -0.2) is 50.4 Å². The minimum absolute atomic E-state index is 0.0830. The largest absolute Gasteiger partial charge is 0.387 e. The number of likely N-dealkylation sites (tertiary alicyclic amines) is 1. The van der Waals surface area contributed by atoms with Crippen LogP contribution in [0.1, 0.15) is 24.5 Å². The lowest BCUT2D eigenvalue weighted by atomic mass is 10.0. The summed E-state index contributed by atoms with van der Waals surface area (Å²) in [7, 11) is -3.19. The summed E-state index contributed by atoms with van der Waals surface area (Å²) in [6, 6.07) is 7.09. The minimum Gasteiger partial charge on any atom is -0.387 e. The van der Waals surface area contributed by atoms with Crippen LogP contribution in [0.5, 0.6) is 0 Å². The van der Waals surface area contributed by atoms with Gasteiger partial charge in [-0.05, 0) is 37.1 Å². The highest BCUT2D eigenvalue weighted by Crippen LogP contribution is 2.20. The molecule has 0 bridgehead atoms. The van der Waals surface area contributed by atoms with Crippen molar-refractivity contribution in [2.24, 2.45) is 0 Å². The second kappa shape index (κ2) is 7.07. The van der Waals surface area contributed by atoms with Gasteiger partial charge in [0, 0.05) is 24.2 Å². The van der Waals surface area contributed by atoms with Gasteiger partial charge in [-0.15, -0.1) is 0 Å². The molecule has 5 nitrogen and oxygen atoms in total. The van der Waals surface area contributed by atoms with Crippen molar-refractivity contribution in [3.63, 3.8) is 0 Å². The number of nitrogens with zero attached hydrogens (tertiary/aromatic N) is 1. The molecule has 21 heavy (non-hydrogen) atoms. The molecule has 0 spiro atoms. The molecule has 0 saturated carbocycles. The Hall–Kier alpha value is -0.660. The molecule has 1 aromatic rings. The summed E-state index contributed by atoms with van der Waals surface area (Å²) in [5.41, 5.74) is 0.778. The Bertz CT molecular complexity index is 579. The van der Waals surface area contributed by atoms with Crippen molar-refractivity contribution in [2.75, 3.05) is 25.9 Å². The summed E-state index contributed by atoms with van der Waals surface area (Å²) in [5.74, 6) is 0. The Kier molecular flexibility index (Phi) is 5.62. The molecule has 1 saturated heterocycles. The van der Waals surface area contributed by atoms with Crippen molar-refractivity contribution in [3.8, 4) is 0 Å². The van der Waals surface area contributed by atoms with Crippen molar-refractivity contribution in [1.82, 2.24) is 9.62 Å². The Morgan fingerprint density at radius 3 is 2.95 bits per heavy atom. The summed E-state index contributed by atoms with van der Waals surface area (Å²) >= 11 is 5.93. The molecule has 1 heterocycles. The van der Waals surface area contributed by atoms with Gasteiger partial charge in [-0.3, -0.25) is 4.90 Å². The van der Waals surface area contributed by atoms with E-state index in [-0.39, 0.29) is 6.04 Å². The van der Waals surface area contributed by atoms with Crippen molar-refractivity contribution in [3.05, 3.63) is 34.9 Å². The minimum atomic E-state index is -3.19. The third-order valence-electron chi connectivity index (χ3n) is 3.55. The summed E-state index contributed by atoms with van der Waals surface area (Å²) in [6.45, 7) is 1.95. The molecule has 2 atom stereocenters. The van der Waals surface area contributed by atoms with E-state index in [9.17, 15) is 13.5 Å². The summed E-state index contributed by atoms with van der Waals surface area (Å²) in [6.07, 6.45) is 2.29. The highest BCUT2D eigenvalue weighted by Gasteiger charge is 2.24. The number of hydrogen-bond acceptors (Lipinski definition) is 4. The predicted molar refractivity (Wildman–Crippen MR) is 83.9 cm³/mol. The van der Waals surface area contributed by atoms with Gasteiger partial charge in [-0.25, -0.2) is 13.1 Å². The Morgan fingerprint density at radius 2 is 2.29 bits per heavy atom. The van der Waals surface area contributed by atoms with E-state index in [2.05, 4.69) is 9.62 Å². The Morgan fingerprint density at radius 1 is 1.52 bits per heavy atom. The molecule has 1 aliphatic heterocycles. The molecule has 0 radical (unpaired) electrons. The summed E-state index contributed by atoms with van der Waals surface area (Å²) < 4.78 is 25.2. The maximum atomic E-state index is 11.3. The topological polar surface area (TPSA) is 69.6 Å². The van der Waals surface area contributed by atoms with E-state index in [0.29, 0.717) is 18.1 Å². The van der Waals surface area contributed by atoms with Crippen LogP contribution in [0, 0.1) is 0 Å². The van der Waals surface area contributed by atoms with Gasteiger partial charge < -0.3 is 5.11 Å². The molecule has 1 fully saturated rings. The number of sulfonamides is 1. The van der Waals surface area contributed by atoms with Crippen LogP contribution in [0.4, 0.5) is 0 Å². The first-order valence-corrected chi connectivity index (χ1v) is 9.23. The lowest BCUT2D eigenvalue weighted by Crippen LogP contribution is -2.48. The first-order valence-electron chi connectivity index (χ1n) is 6.97. The van der Waals surface area contributed by atoms with E-state index < -0.39 is 16.1 Å². The Labute approximate surface area is 131 Å². The van der Waals surface area contributed by atoms with Crippen LogP contribution in [0.15, 0.2) is 24.3 Å². The molecule has 0 aromatic heterocycles. The van der Waals surface area contributed by atoms with E-state index in [1.165, 1.54) is 6.26 Å². The predicted octanol–water partition coefficient (Wildman–Crippen LogP) is 1.39. The van der Waals surface area contributed by atoms with Gasteiger partial charge in [0.15, 0.2) is 0 Å². The zero-order chi connectivity index (χ0) is 15.5.